The minimum atomic E-state index is 0.104. The summed E-state index contributed by atoms with van der Waals surface area (Å²) in [5, 5.41) is 2.69. The van der Waals surface area contributed by atoms with Crippen molar-refractivity contribution in [2.75, 3.05) is 0 Å². The first kappa shape index (κ1) is 12.1. The molecule has 1 atom stereocenters. The third-order valence-corrected chi connectivity index (χ3v) is 4.73. The first-order valence-corrected chi connectivity index (χ1v) is 7.55. The van der Waals surface area contributed by atoms with Crippen LogP contribution < -0.4 is 5.73 Å². The summed E-state index contributed by atoms with van der Waals surface area (Å²) >= 11 is 1.48. The number of amides is 1. The van der Waals surface area contributed by atoms with Crippen LogP contribution in [0.4, 0.5) is 0 Å². The second-order valence-corrected chi connectivity index (χ2v) is 6.29. The van der Waals surface area contributed by atoms with E-state index in [1.807, 2.05) is 5.38 Å². The number of rotatable bonds is 5. The Balaban J connectivity index is 1.78. The van der Waals surface area contributed by atoms with Gasteiger partial charge in [-0.3, -0.25) is 4.79 Å². The second kappa shape index (κ2) is 4.63. The summed E-state index contributed by atoms with van der Waals surface area (Å²) < 4.78 is 0. The Kier molecular flexibility index (Phi) is 3.11. The highest BCUT2D eigenvalue weighted by Crippen LogP contribution is 2.40. The van der Waals surface area contributed by atoms with Crippen molar-refractivity contribution in [2.24, 2.45) is 11.7 Å². The summed E-state index contributed by atoms with van der Waals surface area (Å²) in [7, 11) is 0. The fourth-order valence-electron chi connectivity index (χ4n) is 2.48. The van der Waals surface area contributed by atoms with Crippen LogP contribution in [0.15, 0.2) is 5.38 Å². The molecule has 1 unspecified atom stereocenters. The van der Waals surface area contributed by atoms with E-state index < -0.39 is 0 Å². The lowest BCUT2D eigenvalue weighted by molar-refractivity contribution is 0.0648. The molecule has 2 aliphatic carbocycles. The quantitative estimate of drug-likeness (QED) is 0.886. The monoisotopic (exact) mass is 265 g/mol. The zero-order valence-electron chi connectivity index (χ0n) is 10.6. The average molecular weight is 265 g/mol. The maximum Gasteiger partial charge on any atom is 0.273 e. The van der Waals surface area contributed by atoms with Crippen molar-refractivity contribution in [2.45, 2.75) is 51.2 Å². The van der Waals surface area contributed by atoms with Gasteiger partial charge in [0.25, 0.3) is 5.91 Å². The maximum atomic E-state index is 12.6. The van der Waals surface area contributed by atoms with Crippen LogP contribution in [0.5, 0.6) is 0 Å². The number of carbonyl (C=O) groups is 1. The van der Waals surface area contributed by atoms with E-state index in [1.165, 1.54) is 24.2 Å². The van der Waals surface area contributed by atoms with Crippen LogP contribution in [-0.4, -0.2) is 27.9 Å². The van der Waals surface area contributed by atoms with Gasteiger partial charge in [0.1, 0.15) is 10.7 Å². The van der Waals surface area contributed by atoms with Crippen LogP contribution >= 0.6 is 11.3 Å². The van der Waals surface area contributed by atoms with Crippen LogP contribution in [-0.2, 0) is 6.54 Å². The number of aromatic nitrogens is 1. The summed E-state index contributed by atoms with van der Waals surface area (Å²) in [6.45, 7) is 2.60. The lowest BCUT2D eigenvalue weighted by Crippen LogP contribution is -2.41. The molecule has 4 nitrogen and oxygen atoms in total. The molecule has 18 heavy (non-hydrogen) atoms. The van der Waals surface area contributed by atoms with Crippen molar-refractivity contribution in [3.8, 4) is 0 Å². The van der Waals surface area contributed by atoms with Gasteiger partial charge >= 0.3 is 0 Å². The van der Waals surface area contributed by atoms with E-state index in [-0.39, 0.29) is 5.91 Å². The molecule has 1 aromatic rings. The molecule has 5 heteroatoms. The van der Waals surface area contributed by atoms with Gasteiger partial charge in [0.2, 0.25) is 0 Å². The number of hydrogen-bond acceptors (Lipinski definition) is 4. The Morgan fingerprint density at radius 3 is 2.78 bits per heavy atom. The Bertz CT molecular complexity index is 451. The highest BCUT2D eigenvalue weighted by Gasteiger charge is 2.42. The summed E-state index contributed by atoms with van der Waals surface area (Å²) in [6.07, 6.45) is 4.83. The minimum absolute atomic E-state index is 0.104. The van der Waals surface area contributed by atoms with E-state index in [4.69, 9.17) is 5.73 Å². The van der Waals surface area contributed by atoms with Gasteiger partial charge < -0.3 is 10.6 Å². The van der Waals surface area contributed by atoms with Crippen molar-refractivity contribution in [3.05, 3.63) is 16.1 Å². The largest absolute Gasteiger partial charge is 0.331 e. The summed E-state index contributed by atoms with van der Waals surface area (Å²) in [5.41, 5.74) is 6.14. The molecule has 1 aromatic heterocycles. The molecule has 0 saturated heterocycles. The maximum absolute atomic E-state index is 12.6. The summed E-state index contributed by atoms with van der Waals surface area (Å²) in [6, 6.07) is 0.823. The summed E-state index contributed by atoms with van der Waals surface area (Å²) in [5.74, 6) is 0.815. The Morgan fingerprint density at radius 2 is 2.28 bits per heavy atom. The Morgan fingerprint density at radius 1 is 1.56 bits per heavy atom. The predicted molar refractivity (Wildman–Crippen MR) is 71.4 cm³/mol. The van der Waals surface area contributed by atoms with Gasteiger partial charge in [-0.25, -0.2) is 4.98 Å². The predicted octanol–water partition coefficient (Wildman–Crippen LogP) is 2.00. The van der Waals surface area contributed by atoms with Crippen LogP contribution in [0.3, 0.4) is 0 Å². The normalized spacial score (nSPS) is 20.8. The Hall–Kier alpha value is -0.940. The zero-order valence-corrected chi connectivity index (χ0v) is 11.4. The summed E-state index contributed by atoms with van der Waals surface area (Å²) in [4.78, 5) is 19.0. The van der Waals surface area contributed by atoms with Crippen molar-refractivity contribution in [1.82, 2.24) is 9.88 Å². The fourth-order valence-corrected chi connectivity index (χ4v) is 3.13. The molecular formula is C13H19N3OS. The van der Waals surface area contributed by atoms with Crippen molar-refractivity contribution in [3.63, 3.8) is 0 Å². The average Bonchev–Trinajstić information content (AvgIpc) is 3.27. The number of thiazole rings is 1. The highest BCUT2D eigenvalue weighted by atomic mass is 32.1. The SMILES string of the molecule is CC(C1CC1)N(C(=O)c1csc(CN)n1)C1CC1. The first-order chi connectivity index (χ1) is 8.70. The molecule has 0 spiro atoms. The standard InChI is InChI=1S/C13H19N3OS/c1-8(9-2-3-9)16(10-4-5-10)13(17)11-7-18-12(6-14)15-11/h7-10H,2-6,14H2,1H3. The van der Waals surface area contributed by atoms with Gasteiger partial charge in [0.15, 0.2) is 0 Å². The van der Waals surface area contributed by atoms with Crippen LogP contribution in [0.25, 0.3) is 0 Å². The fraction of sp³-hybridized carbons (Fsp3) is 0.692. The molecule has 0 radical (unpaired) electrons. The third-order valence-electron chi connectivity index (χ3n) is 3.86. The van der Waals surface area contributed by atoms with Gasteiger partial charge in [0.05, 0.1) is 0 Å². The van der Waals surface area contributed by atoms with E-state index >= 15 is 0 Å². The number of nitrogens with two attached hydrogens (primary N) is 1. The van der Waals surface area contributed by atoms with E-state index in [1.54, 1.807) is 0 Å². The molecule has 2 aliphatic rings. The first-order valence-electron chi connectivity index (χ1n) is 6.68. The van der Waals surface area contributed by atoms with E-state index in [9.17, 15) is 4.79 Å². The molecule has 0 aliphatic heterocycles. The van der Waals surface area contributed by atoms with Crippen molar-refractivity contribution < 1.29 is 4.79 Å². The van der Waals surface area contributed by atoms with Crippen molar-refractivity contribution >= 4 is 17.2 Å². The molecular weight excluding hydrogens is 246 g/mol. The minimum Gasteiger partial charge on any atom is -0.331 e. The van der Waals surface area contributed by atoms with Gasteiger partial charge in [-0.05, 0) is 38.5 Å². The second-order valence-electron chi connectivity index (χ2n) is 5.35. The highest BCUT2D eigenvalue weighted by molar-refractivity contribution is 7.09. The molecule has 3 rings (SSSR count). The van der Waals surface area contributed by atoms with Crippen molar-refractivity contribution in [1.29, 1.82) is 0 Å². The van der Waals surface area contributed by atoms with Gasteiger partial charge in [-0.2, -0.15) is 0 Å². The van der Waals surface area contributed by atoms with E-state index in [2.05, 4.69) is 16.8 Å². The number of nitrogens with zero attached hydrogens (tertiary/aromatic N) is 2. The van der Waals surface area contributed by atoms with Gasteiger partial charge in [0, 0.05) is 24.0 Å². The van der Waals surface area contributed by atoms with E-state index in [0.29, 0.717) is 30.2 Å². The van der Waals surface area contributed by atoms with Gasteiger partial charge in [-0.1, -0.05) is 0 Å². The molecule has 0 bridgehead atoms. The lowest BCUT2D eigenvalue weighted by atomic mass is 10.1. The van der Waals surface area contributed by atoms with Gasteiger partial charge in [-0.15, -0.1) is 11.3 Å². The number of hydrogen-bond donors (Lipinski definition) is 1. The smallest absolute Gasteiger partial charge is 0.273 e. The number of carbonyl (C=O) groups excluding carboxylic acids is 1. The molecule has 1 heterocycles. The molecule has 2 N–H and O–H groups in total. The Labute approximate surface area is 111 Å². The lowest BCUT2D eigenvalue weighted by Gasteiger charge is -2.28. The van der Waals surface area contributed by atoms with Crippen LogP contribution in [0.1, 0.15) is 48.1 Å². The molecule has 0 aromatic carbocycles. The van der Waals surface area contributed by atoms with E-state index in [0.717, 1.165) is 17.8 Å². The zero-order chi connectivity index (χ0) is 12.7. The topological polar surface area (TPSA) is 59.2 Å². The molecule has 98 valence electrons. The molecule has 2 saturated carbocycles. The third kappa shape index (κ3) is 2.29. The van der Waals surface area contributed by atoms with Crippen LogP contribution in [0, 0.1) is 5.92 Å². The molecule has 1 amide bonds. The van der Waals surface area contributed by atoms with Crippen LogP contribution in [0.2, 0.25) is 0 Å². The molecule has 2 fully saturated rings.